The van der Waals surface area contributed by atoms with Crippen LogP contribution in [0.25, 0.3) is 10.2 Å². The summed E-state index contributed by atoms with van der Waals surface area (Å²) in [6.07, 6.45) is 2.99. The van der Waals surface area contributed by atoms with Crippen molar-refractivity contribution in [3.63, 3.8) is 0 Å². The lowest BCUT2D eigenvalue weighted by Crippen LogP contribution is -2.33. The molecule has 0 saturated carbocycles. The van der Waals surface area contributed by atoms with Crippen molar-refractivity contribution in [3.8, 4) is 0 Å². The summed E-state index contributed by atoms with van der Waals surface area (Å²) in [6.45, 7) is 7.53. The number of aryl methyl sites for hydroxylation is 1. The number of aromatic nitrogens is 2. The number of esters is 1. The van der Waals surface area contributed by atoms with Crippen LogP contribution in [0.15, 0.2) is 16.0 Å². The highest BCUT2D eigenvalue weighted by Gasteiger charge is 2.26. The van der Waals surface area contributed by atoms with Gasteiger partial charge in [0.05, 0.1) is 11.5 Å². The van der Waals surface area contributed by atoms with E-state index in [-0.39, 0.29) is 17.6 Å². The summed E-state index contributed by atoms with van der Waals surface area (Å²) in [4.78, 5) is 31.8. The van der Waals surface area contributed by atoms with E-state index in [0.29, 0.717) is 17.0 Å². The molecule has 0 N–H and O–H groups in total. The molecule has 1 unspecified atom stereocenters. The van der Waals surface area contributed by atoms with Crippen molar-refractivity contribution >= 4 is 39.3 Å². The Morgan fingerprint density at radius 3 is 2.65 bits per heavy atom. The quantitative estimate of drug-likeness (QED) is 0.450. The summed E-state index contributed by atoms with van der Waals surface area (Å²) >= 11 is 2.91. The topological polar surface area (TPSA) is 61.2 Å². The van der Waals surface area contributed by atoms with Gasteiger partial charge in [-0.1, -0.05) is 25.6 Å². The van der Waals surface area contributed by atoms with E-state index in [2.05, 4.69) is 4.98 Å². The van der Waals surface area contributed by atoms with Crippen LogP contribution in [0, 0.1) is 0 Å². The van der Waals surface area contributed by atoms with Gasteiger partial charge in [-0.3, -0.25) is 9.36 Å². The predicted octanol–water partition coefficient (Wildman–Crippen LogP) is 3.65. The lowest BCUT2D eigenvalue weighted by molar-refractivity contribution is -0.152. The molecule has 0 aliphatic carbocycles. The van der Waals surface area contributed by atoms with E-state index < -0.39 is 6.04 Å². The molecule has 23 heavy (non-hydrogen) atoms. The van der Waals surface area contributed by atoms with Crippen LogP contribution in [0.4, 0.5) is 0 Å². The minimum absolute atomic E-state index is 0.164. The molecule has 2 heterocycles. The molecule has 1 atom stereocenters. The molecule has 126 valence electrons. The number of nitrogens with zero attached hydrogens (tertiary/aromatic N) is 2. The Labute approximate surface area is 144 Å². The number of fused-ring (bicyclic) bond motifs is 1. The maximum Gasteiger partial charge on any atom is 0.329 e. The standard InChI is InChI=1S/C16H22N2O3S2/c1-6-10-8-11-13(23-10)17-16(22-5)18(14(11)19)12(7-2)15(20)21-9(3)4/h8-9,12H,6-7H2,1-5H3. The second-order valence-corrected chi connectivity index (χ2v) is 7.36. The van der Waals surface area contributed by atoms with E-state index in [9.17, 15) is 9.59 Å². The third kappa shape index (κ3) is 3.61. The van der Waals surface area contributed by atoms with Crippen molar-refractivity contribution in [1.82, 2.24) is 9.55 Å². The molecule has 0 aromatic carbocycles. The number of carbonyl (C=O) groups excluding carboxylic acids is 1. The van der Waals surface area contributed by atoms with Crippen LogP contribution in [0.5, 0.6) is 0 Å². The van der Waals surface area contributed by atoms with Crippen LogP contribution < -0.4 is 5.56 Å². The summed E-state index contributed by atoms with van der Waals surface area (Å²) in [5, 5.41) is 1.14. The molecule has 5 nitrogen and oxygen atoms in total. The van der Waals surface area contributed by atoms with Gasteiger partial charge >= 0.3 is 5.97 Å². The largest absolute Gasteiger partial charge is 0.461 e. The molecule has 2 aromatic heterocycles. The van der Waals surface area contributed by atoms with Gasteiger partial charge in [0.2, 0.25) is 0 Å². The minimum Gasteiger partial charge on any atom is -0.461 e. The summed E-state index contributed by atoms with van der Waals surface area (Å²) < 4.78 is 6.81. The van der Waals surface area contributed by atoms with Crippen LogP contribution in [-0.2, 0) is 16.0 Å². The normalized spacial score (nSPS) is 12.8. The van der Waals surface area contributed by atoms with Gasteiger partial charge in [0.15, 0.2) is 5.16 Å². The number of thioether (sulfide) groups is 1. The fourth-order valence-electron chi connectivity index (χ4n) is 2.38. The Kier molecular flexibility index (Phi) is 5.86. The Morgan fingerprint density at radius 2 is 2.13 bits per heavy atom. The minimum atomic E-state index is -0.644. The molecular weight excluding hydrogens is 332 g/mol. The van der Waals surface area contributed by atoms with Crippen LogP contribution in [0.2, 0.25) is 0 Å². The average Bonchev–Trinajstić information content (AvgIpc) is 2.92. The van der Waals surface area contributed by atoms with Gasteiger partial charge in [-0.2, -0.15) is 0 Å². The van der Waals surface area contributed by atoms with Gasteiger partial charge in [-0.05, 0) is 39.0 Å². The molecule has 0 bridgehead atoms. The van der Waals surface area contributed by atoms with Crippen molar-refractivity contribution in [2.24, 2.45) is 0 Å². The zero-order chi connectivity index (χ0) is 17.1. The predicted molar refractivity (Wildman–Crippen MR) is 95.6 cm³/mol. The van der Waals surface area contributed by atoms with E-state index in [4.69, 9.17) is 4.74 Å². The highest BCUT2D eigenvalue weighted by Crippen LogP contribution is 2.27. The van der Waals surface area contributed by atoms with Crippen LogP contribution in [0.1, 0.15) is 45.0 Å². The molecule has 0 amide bonds. The molecular formula is C16H22N2O3S2. The summed E-state index contributed by atoms with van der Waals surface area (Å²) in [5.74, 6) is -0.382. The zero-order valence-electron chi connectivity index (χ0n) is 14.1. The Balaban J connectivity index is 2.63. The molecule has 2 aromatic rings. The van der Waals surface area contributed by atoms with Gasteiger partial charge in [0.25, 0.3) is 5.56 Å². The van der Waals surface area contributed by atoms with Gasteiger partial charge in [-0.15, -0.1) is 11.3 Å². The fourth-order valence-corrected chi connectivity index (χ4v) is 3.99. The molecule has 0 radical (unpaired) electrons. The third-order valence-corrected chi connectivity index (χ3v) is 5.30. The molecule has 0 spiro atoms. The highest BCUT2D eigenvalue weighted by molar-refractivity contribution is 7.98. The Hall–Kier alpha value is -1.34. The van der Waals surface area contributed by atoms with Crippen molar-refractivity contribution < 1.29 is 9.53 Å². The molecule has 0 aliphatic rings. The Bertz CT molecular complexity index is 765. The van der Waals surface area contributed by atoms with Crippen molar-refractivity contribution in [2.45, 2.75) is 57.8 Å². The van der Waals surface area contributed by atoms with Gasteiger partial charge in [-0.25, -0.2) is 9.78 Å². The number of hydrogen-bond acceptors (Lipinski definition) is 6. The zero-order valence-corrected chi connectivity index (χ0v) is 15.7. The van der Waals surface area contributed by atoms with Crippen molar-refractivity contribution in [2.75, 3.05) is 6.26 Å². The highest BCUT2D eigenvalue weighted by atomic mass is 32.2. The number of hydrogen-bond donors (Lipinski definition) is 0. The summed E-state index contributed by atoms with van der Waals surface area (Å²) in [5.41, 5.74) is -0.164. The number of ether oxygens (including phenoxy) is 1. The second kappa shape index (κ2) is 7.49. The smallest absolute Gasteiger partial charge is 0.329 e. The first-order valence-electron chi connectivity index (χ1n) is 7.72. The first-order valence-corrected chi connectivity index (χ1v) is 9.76. The van der Waals surface area contributed by atoms with Gasteiger partial charge in [0.1, 0.15) is 10.9 Å². The first-order chi connectivity index (χ1) is 10.9. The van der Waals surface area contributed by atoms with E-state index >= 15 is 0 Å². The van der Waals surface area contributed by atoms with Gasteiger partial charge < -0.3 is 4.74 Å². The number of rotatable bonds is 6. The monoisotopic (exact) mass is 354 g/mol. The molecule has 0 fully saturated rings. The van der Waals surface area contributed by atoms with Crippen LogP contribution in [0.3, 0.4) is 0 Å². The Morgan fingerprint density at radius 1 is 1.43 bits per heavy atom. The van der Waals surface area contributed by atoms with E-state index in [1.54, 1.807) is 13.8 Å². The van der Waals surface area contributed by atoms with E-state index in [1.165, 1.54) is 27.7 Å². The third-order valence-electron chi connectivity index (χ3n) is 3.47. The lowest BCUT2D eigenvalue weighted by Gasteiger charge is -2.20. The second-order valence-electron chi connectivity index (χ2n) is 5.47. The number of carbonyl (C=O) groups is 1. The number of thiophene rings is 1. The molecule has 0 aliphatic heterocycles. The van der Waals surface area contributed by atoms with E-state index in [0.717, 1.165) is 16.1 Å². The van der Waals surface area contributed by atoms with Crippen LogP contribution in [-0.4, -0.2) is 27.9 Å². The fraction of sp³-hybridized carbons (Fsp3) is 0.562. The first kappa shape index (κ1) is 18.0. The summed E-state index contributed by atoms with van der Waals surface area (Å²) in [7, 11) is 0. The maximum absolute atomic E-state index is 12.9. The SMILES string of the molecule is CCc1cc2c(=O)n(C(CC)C(=O)OC(C)C)c(SC)nc2s1. The van der Waals surface area contributed by atoms with Gasteiger partial charge in [0, 0.05) is 4.88 Å². The molecule has 7 heteroatoms. The summed E-state index contributed by atoms with van der Waals surface area (Å²) in [6, 6.07) is 1.24. The van der Waals surface area contributed by atoms with E-state index in [1.807, 2.05) is 26.2 Å². The average molecular weight is 354 g/mol. The van der Waals surface area contributed by atoms with Crippen molar-refractivity contribution in [1.29, 1.82) is 0 Å². The molecule has 2 rings (SSSR count). The van der Waals surface area contributed by atoms with Crippen LogP contribution >= 0.6 is 23.1 Å². The lowest BCUT2D eigenvalue weighted by atomic mass is 10.2. The van der Waals surface area contributed by atoms with Crippen molar-refractivity contribution in [3.05, 3.63) is 21.3 Å². The molecule has 0 saturated heterocycles. The maximum atomic E-state index is 12.9.